The molecule has 0 atom stereocenters. The first-order valence-electron chi connectivity index (χ1n) is 8.67. The van der Waals surface area contributed by atoms with Gasteiger partial charge in [0.1, 0.15) is 5.75 Å². The molecule has 8 heteroatoms. The van der Waals surface area contributed by atoms with Crippen LogP contribution in [0.5, 0.6) is 5.75 Å². The second kappa shape index (κ2) is 7.98. The first-order chi connectivity index (χ1) is 12.9. The third-order valence-corrected chi connectivity index (χ3v) is 6.37. The number of piperazine rings is 1. The van der Waals surface area contributed by atoms with Crippen molar-refractivity contribution in [3.63, 3.8) is 0 Å². The van der Waals surface area contributed by atoms with Crippen LogP contribution in [0.3, 0.4) is 0 Å². The molecule has 1 saturated heterocycles. The molecule has 2 aromatic carbocycles. The van der Waals surface area contributed by atoms with E-state index in [9.17, 15) is 13.2 Å². The Morgan fingerprint density at radius 2 is 1.70 bits per heavy atom. The fourth-order valence-corrected chi connectivity index (χ4v) is 4.56. The number of amides is 1. The summed E-state index contributed by atoms with van der Waals surface area (Å²) < 4.78 is 32.7. The van der Waals surface area contributed by atoms with Crippen LogP contribution in [-0.4, -0.2) is 51.9 Å². The molecule has 0 spiro atoms. The van der Waals surface area contributed by atoms with Crippen LogP contribution in [0.15, 0.2) is 53.4 Å². The molecule has 1 N–H and O–H groups in total. The van der Waals surface area contributed by atoms with Crippen molar-refractivity contribution < 1.29 is 17.9 Å². The van der Waals surface area contributed by atoms with E-state index in [1.165, 1.54) is 30.5 Å². The fraction of sp³-hybridized carbons (Fsp3) is 0.316. The summed E-state index contributed by atoms with van der Waals surface area (Å²) in [5, 5.41) is 2.61. The highest BCUT2D eigenvalue weighted by Gasteiger charge is 2.29. The SMILES string of the molecule is COc1ccc(S(=O)(=O)N2CCN(c3ccccc3)CC2)cc1NC(C)=O. The molecule has 1 heterocycles. The summed E-state index contributed by atoms with van der Waals surface area (Å²) in [5.74, 6) is 0.123. The Labute approximate surface area is 159 Å². The van der Waals surface area contributed by atoms with Crippen LogP contribution < -0.4 is 15.0 Å². The molecule has 0 unspecified atom stereocenters. The Hall–Kier alpha value is -2.58. The molecule has 0 bridgehead atoms. The molecule has 0 radical (unpaired) electrons. The lowest BCUT2D eigenvalue weighted by atomic mass is 10.2. The van der Waals surface area contributed by atoms with E-state index in [4.69, 9.17) is 4.74 Å². The topological polar surface area (TPSA) is 79.0 Å². The Morgan fingerprint density at radius 3 is 2.30 bits per heavy atom. The maximum absolute atomic E-state index is 13.0. The van der Waals surface area contributed by atoms with Crippen LogP contribution in [0.4, 0.5) is 11.4 Å². The molecule has 1 fully saturated rings. The number of ether oxygens (including phenoxy) is 1. The highest BCUT2D eigenvalue weighted by Crippen LogP contribution is 2.29. The van der Waals surface area contributed by atoms with E-state index >= 15 is 0 Å². The Balaban J connectivity index is 1.78. The number of hydrogen-bond donors (Lipinski definition) is 1. The highest BCUT2D eigenvalue weighted by atomic mass is 32.2. The number of methoxy groups -OCH3 is 1. The number of carbonyl (C=O) groups excluding carboxylic acids is 1. The zero-order valence-electron chi connectivity index (χ0n) is 15.4. The normalized spacial score (nSPS) is 15.4. The van der Waals surface area contributed by atoms with Crippen LogP contribution in [0.1, 0.15) is 6.92 Å². The van der Waals surface area contributed by atoms with E-state index in [1.807, 2.05) is 30.3 Å². The number of benzene rings is 2. The largest absolute Gasteiger partial charge is 0.495 e. The van der Waals surface area contributed by atoms with E-state index in [0.717, 1.165) is 5.69 Å². The zero-order valence-corrected chi connectivity index (χ0v) is 16.2. The summed E-state index contributed by atoms with van der Waals surface area (Å²) in [7, 11) is -2.18. The number of sulfonamides is 1. The highest BCUT2D eigenvalue weighted by molar-refractivity contribution is 7.89. The molecule has 3 rings (SSSR count). The predicted molar refractivity (Wildman–Crippen MR) is 105 cm³/mol. The number of nitrogens with zero attached hydrogens (tertiary/aromatic N) is 2. The minimum atomic E-state index is -3.65. The average Bonchev–Trinajstić information content (AvgIpc) is 2.68. The summed E-state index contributed by atoms with van der Waals surface area (Å²) in [6, 6.07) is 14.4. The maximum Gasteiger partial charge on any atom is 0.243 e. The van der Waals surface area contributed by atoms with Gasteiger partial charge in [0, 0.05) is 38.8 Å². The van der Waals surface area contributed by atoms with E-state index in [1.54, 1.807) is 6.07 Å². The molecule has 0 aliphatic carbocycles. The van der Waals surface area contributed by atoms with Crippen LogP contribution in [0, 0.1) is 0 Å². The molecule has 0 aromatic heterocycles. The van der Waals surface area contributed by atoms with Crippen LogP contribution >= 0.6 is 0 Å². The average molecular weight is 389 g/mol. The molecular formula is C19H23N3O4S. The van der Waals surface area contributed by atoms with Crippen molar-refractivity contribution in [1.82, 2.24) is 4.31 Å². The maximum atomic E-state index is 13.0. The lowest BCUT2D eigenvalue weighted by Gasteiger charge is -2.35. The van der Waals surface area contributed by atoms with E-state index < -0.39 is 10.0 Å². The number of hydrogen-bond acceptors (Lipinski definition) is 5. The minimum Gasteiger partial charge on any atom is -0.495 e. The molecule has 2 aromatic rings. The van der Waals surface area contributed by atoms with Gasteiger partial charge in [0.25, 0.3) is 0 Å². The predicted octanol–water partition coefficient (Wildman–Crippen LogP) is 2.16. The first-order valence-corrected chi connectivity index (χ1v) is 10.1. The van der Waals surface area contributed by atoms with Gasteiger partial charge < -0.3 is 15.0 Å². The standard InChI is InChI=1S/C19H23N3O4S/c1-15(23)20-18-14-17(8-9-19(18)26-2)27(24,25)22-12-10-21(11-13-22)16-6-4-3-5-7-16/h3-9,14H,10-13H2,1-2H3,(H,20,23). The van der Waals surface area contributed by atoms with Gasteiger partial charge in [0.2, 0.25) is 15.9 Å². The second-order valence-electron chi connectivity index (χ2n) is 6.27. The summed E-state index contributed by atoms with van der Waals surface area (Å²) in [6.07, 6.45) is 0. The first kappa shape index (κ1) is 19.2. The van der Waals surface area contributed by atoms with Crippen LogP contribution in [0.2, 0.25) is 0 Å². The second-order valence-corrected chi connectivity index (χ2v) is 8.21. The smallest absolute Gasteiger partial charge is 0.243 e. The number of nitrogens with one attached hydrogen (secondary N) is 1. The Kier molecular flexibility index (Phi) is 5.67. The van der Waals surface area contributed by atoms with Gasteiger partial charge in [-0.25, -0.2) is 8.42 Å². The molecule has 1 aliphatic heterocycles. The third kappa shape index (κ3) is 4.23. The Bertz CT molecular complexity index is 908. The Morgan fingerprint density at radius 1 is 1.04 bits per heavy atom. The molecular weight excluding hydrogens is 366 g/mol. The van der Waals surface area contributed by atoms with Crippen LogP contribution in [0.25, 0.3) is 0 Å². The van der Waals surface area contributed by atoms with E-state index in [-0.39, 0.29) is 10.8 Å². The van der Waals surface area contributed by atoms with Gasteiger partial charge in [-0.2, -0.15) is 4.31 Å². The van der Waals surface area contributed by atoms with Crippen LogP contribution in [-0.2, 0) is 14.8 Å². The molecule has 1 amide bonds. The summed E-state index contributed by atoms with van der Waals surface area (Å²) in [6.45, 7) is 3.41. The van der Waals surface area contributed by atoms with Gasteiger partial charge in [0.15, 0.2) is 0 Å². The van der Waals surface area contributed by atoms with Gasteiger partial charge in [-0.3, -0.25) is 4.79 Å². The number of carbonyl (C=O) groups is 1. The van der Waals surface area contributed by atoms with E-state index in [2.05, 4.69) is 10.2 Å². The molecule has 27 heavy (non-hydrogen) atoms. The lowest BCUT2D eigenvalue weighted by Crippen LogP contribution is -2.48. The molecule has 1 aliphatic rings. The van der Waals surface area contributed by atoms with Crippen molar-refractivity contribution in [3.8, 4) is 5.75 Å². The molecule has 0 saturated carbocycles. The van der Waals surface area contributed by atoms with Gasteiger partial charge in [-0.1, -0.05) is 18.2 Å². The number of anilines is 2. The zero-order chi connectivity index (χ0) is 19.4. The molecule has 7 nitrogen and oxygen atoms in total. The van der Waals surface area contributed by atoms with Crippen molar-refractivity contribution in [3.05, 3.63) is 48.5 Å². The van der Waals surface area contributed by atoms with Gasteiger partial charge in [0.05, 0.1) is 17.7 Å². The minimum absolute atomic E-state index is 0.139. The van der Waals surface area contributed by atoms with Gasteiger partial charge in [-0.05, 0) is 30.3 Å². The quantitative estimate of drug-likeness (QED) is 0.848. The molecule has 144 valence electrons. The fourth-order valence-electron chi connectivity index (χ4n) is 3.11. The summed E-state index contributed by atoms with van der Waals surface area (Å²) >= 11 is 0. The monoisotopic (exact) mass is 389 g/mol. The lowest BCUT2D eigenvalue weighted by molar-refractivity contribution is -0.114. The van der Waals surface area contributed by atoms with Crippen molar-refractivity contribution in [1.29, 1.82) is 0 Å². The van der Waals surface area contributed by atoms with E-state index in [0.29, 0.717) is 37.6 Å². The summed E-state index contributed by atoms with van der Waals surface area (Å²) in [4.78, 5) is 13.7. The summed E-state index contributed by atoms with van der Waals surface area (Å²) in [5.41, 5.74) is 1.43. The van der Waals surface area contributed by atoms with Crippen molar-refractivity contribution in [2.75, 3.05) is 43.5 Å². The third-order valence-electron chi connectivity index (χ3n) is 4.48. The van der Waals surface area contributed by atoms with Gasteiger partial charge >= 0.3 is 0 Å². The van der Waals surface area contributed by atoms with Crippen molar-refractivity contribution in [2.45, 2.75) is 11.8 Å². The van der Waals surface area contributed by atoms with Crippen molar-refractivity contribution in [2.24, 2.45) is 0 Å². The van der Waals surface area contributed by atoms with Gasteiger partial charge in [-0.15, -0.1) is 0 Å². The number of rotatable bonds is 5. The van der Waals surface area contributed by atoms with Crippen molar-refractivity contribution >= 4 is 27.3 Å². The number of para-hydroxylation sites is 1.